The second kappa shape index (κ2) is 7.48. The van der Waals surface area contributed by atoms with Gasteiger partial charge in [-0.3, -0.25) is 9.59 Å². The summed E-state index contributed by atoms with van der Waals surface area (Å²) < 4.78 is 4.93. The lowest BCUT2D eigenvalue weighted by molar-refractivity contribution is -0.146. The van der Waals surface area contributed by atoms with Crippen molar-refractivity contribution in [1.82, 2.24) is 5.32 Å². The van der Waals surface area contributed by atoms with Gasteiger partial charge in [0.2, 0.25) is 5.91 Å². The summed E-state index contributed by atoms with van der Waals surface area (Å²) >= 11 is 0. The zero-order valence-electron chi connectivity index (χ0n) is 11.9. The third kappa shape index (κ3) is 4.82. The van der Waals surface area contributed by atoms with Crippen LogP contribution in [0.15, 0.2) is 0 Å². The molecule has 0 heterocycles. The highest BCUT2D eigenvalue weighted by molar-refractivity contribution is 5.79. The van der Waals surface area contributed by atoms with Crippen molar-refractivity contribution in [3.05, 3.63) is 0 Å². The molecule has 1 saturated carbocycles. The number of carbonyl (C=O) groups is 2. The van der Waals surface area contributed by atoms with Gasteiger partial charge in [0.15, 0.2) is 0 Å². The van der Waals surface area contributed by atoms with Crippen LogP contribution >= 0.6 is 0 Å². The Morgan fingerprint density at radius 3 is 2.74 bits per heavy atom. The molecule has 0 aromatic heterocycles. The maximum absolute atomic E-state index is 11.9. The molecule has 0 spiro atoms. The summed E-state index contributed by atoms with van der Waals surface area (Å²) in [6.45, 7) is 2.51. The van der Waals surface area contributed by atoms with Crippen LogP contribution in [0.4, 0.5) is 0 Å². The zero-order valence-corrected chi connectivity index (χ0v) is 11.9. The molecule has 0 aromatic rings. The molecule has 0 saturated heterocycles. The average Bonchev–Trinajstić information content (AvgIpc) is 2.34. The van der Waals surface area contributed by atoms with Crippen molar-refractivity contribution in [1.29, 1.82) is 0 Å². The van der Waals surface area contributed by atoms with Crippen LogP contribution in [0, 0.1) is 5.92 Å². The van der Waals surface area contributed by atoms with E-state index in [1.165, 1.54) is 0 Å². The molecule has 2 N–H and O–H groups in total. The lowest BCUT2D eigenvalue weighted by atomic mass is 9.74. The molecular weight excluding hydrogens is 246 g/mol. The smallest absolute Gasteiger partial charge is 0.308 e. The topological polar surface area (TPSA) is 75.6 Å². The summed E-state index contributed by atoms with van der Waals surface area (Å²) in [6.07, 6.45) is 5.35. The molecule has 2 unspecified atom stereocenters. The van der Waals surface area contributed by atoms with Crippen LogP contribution in [-0.2, 0) is 14.3 Å². The van der Waals surface area contributed by atoms with Gasteiger partial charge >= 0.3 is 5.97 Å². The summed E-state index contributed by atoms with van der Waals surface area (Å²) in [6, 6.07) is 0. The first kappa shape index (κ1) is 16.0. The molecule has 1 fully saturated rings. The van der Waals surface area contributed by atoms with Gasteiger partial charge < -0.3 is 15.2 Å². The first-order valence-corrected chi connectivity index (χ1v) is 7.02. The monoisotopic (exact) mass is 271 g/mol. The SMILES string of the molecule is COCCCCC(=O)NC1(C)CCCCC1C(=O)O. The minimum absolute atomic E-state index is 0.0493. The van der Waals surface area contributed by atoms with E-state index in [0.717, 1.165) is 32.1 Å². The fourth-order valence-electron chi connectivity index (χ4n) is 2.79. The van der Waals surface area contributed by atoms with Gasteiger partial charge in [-0.15, -0.1) is 0 Å². The second-order valence-electron chi connectivity index (χ2n) is 5.55. The van der Waals surface area contributed by atoms with Crippen LogP contribution in [0.2, 0.25) is 0 Å². The van der Waals surface area contributed by atoms with Gasteiger partial charge in [-0.25, -0.2) is 0 Å². The Bertz CT molecular complexity index is 319. The van der Waals surface area contributed by atoms with E-state index in [-0.39, 0.29) is 5.91 Å². The highest BCUT2D eigenvalue weighted by Gasteiger charge is 2.41. The van der Waals surface area contributed by atoms with Crippen LogP contribution in [0.1, 0.15) is 51.9 Å². The Morgan fingerprint density at radius 1 is 1.37 bits per heavy atom. The number of aliphatic carboxylic acids is 1. The number of carboxylic acid groups (broad SMARTS) is 1. The molecule has 1 aliphatic rings. The van der Waals surface area contributed by atoms with Crippen LogP contribution < -0.4 is 5.32 Å². The largest absolute Gasteiger partial charge is 0.481 e. The van der Waals surface area contributed by atoms with E-state index >= 15 is 0 Å². The van der Waals surface area contributed by atoms with Crippen LogP contribution in [0.3, 0.4) is 0 Å². The molecule has 0 bridgehead atoms. The Kier molecular flexibility index (Phi) is 6.28. The van der Waals surface area contributed by atoms with Crippen molar-refractivity contribution in [2.45, 2.75) is 57.4 Å². The summed E-state index contributed by atoms with van der Waals surface area (Å²) in [4.78, 5) is 23.2. The second-order valence-corrected chi connectivity index (χ2v) is 5.55. The molecule has 19 heavy (non-hydrogen) atoms. The Morgan fingerprint density at radius 2 is 2.11 bits per heavy atom. The van der Waals surface area contributed by atoms with Crippen LogP contribution in [-0.4, -0.2) is 36.2 Å². The first-order chi connectivity index (χ1) is 8.99. The lowest BCUT2D eigenvalue weighted by Crippen LogP contribution is -2.55. The number of hydrogen-bond donors (Lipinski definition) is 2. The standard InChI is InChI=1S/C14H25NO4/c1-14(9-5-3-7-11(14)13(17)18)15-12(16)8-4-6-10-19-2/h11H,3-10H2,1-2H3,(H,15,16)(H,17,18). The van der Waals surface area contributed by atoms with Gasteiger partial charge in [0.25, 0.3) is 0 Å². The van der Waals surface area contributed by atoms with Crippen molar-refractivity contribution in [3.8, 4) is 0 Å². The number of methoxy groups -OCH3 is 1. The fraction of sp³-hybridized carbons (Fsp3) is 0.857. The predicted molar refractivity (Wildman–Crippen MR) is 71.9 cm³/mol. The van der Waals surface area contributed by atoms with Crippen molar-refractivity contribution >= 4 is 11.9 Å². The van der Waals surface area contributed by atoms with Gasteiger partial charge in [-0.05, 0) is 32.6 Å². The number of hydrogen-bond acceptors (Lipinski definition) is 3. The van der Waals surface area contributed by atoms with E-state index in [1.54, 1.807) is 7.11 Å². The number of carboxylic acids is 1. The van der Waals surface area contributed by atoms with Gasteiger partial charge in [0.05, 0.1) is 11.5 Å². The molecule has 5 heteroatoms. The van der Waals surface area contributed by atoms with Crippen molar-refractivity contribution in [3.63, 3.8) is 0 Å². The predicted octanol–water partition coefficient (Wildman–Crippen LogP) is 1.95. The quantitative estimate of drug-likeness (QED) is 0.694. The Balaban J connectivity index is 2.47. The normalized spacial score (nSPS) is 26.9. The Hall–Kier alpha value is -1.10. The molecule has 0 aliphatic heterocycles. The number of unbranched alkanes of at least 4 members (excludes halogenated alkanes) is 1. The van der Waals surface area contributed by atoms with E-state index in [2.05, 4.69) is 5.32 Å². The van der Waals surface area contributed by atoms with Gasteiger partial charge in [0.1, 0.15) is 0 Å². The molecule has 0 radical (unpaired) electrons. The average molecular weight is 271 g/mol. The minimum atomic E-state index is -0.804. The van der Waals surface area contributed by atoms with Crippen LogP contribution in [0.25, 0.3) is 0 Å². The van der Waals surface area contributed by atoms with Gasteiger partial charge in [0, 0.05) is 20.1 Å². The summed E-state index contributed by atoms with van der Waals surface area (Å²) in [7, 11) is 1.64. The van der Waals surface area contributed by atoms with E-state index in [1.807, 2.05) is 6.92 Å². The summed E-state index contributed by atoms with van der Waals surface area (Å²) in [5.41, 5.74) is -0.595. The van der Waals surface area contributed by atoms with Gasteiger partial charge in [-0.2, -0.15) is 0 Å². The molecule has 0 aromatic carbocycles. The van der Waals surface area contributed by atoms with Crippen molar-refractivity contribution in [2.75, 3.05) is 13.7 Å². The van der Waals surface area contributed by atoms with E-state index in [0.29, 0.717) is 19.4 Å². The first-order valence-electron chi connectivity index (χ1n) is 7.02. The summed E-state index contributed by atoms with van der Waals surface area (Å²) in [5.74, 6) is -1.32. The third-order valence-electron chi connectivity index (χ3n) is 3.93. The highest BCUT2D eigenvalue weighted by Crippen LogP contribution is 2.33. The molecule has 5 nitrogen and oxygen atoms in total. The fourth-order valence-corrected chi connectivity index (χ4v) is 2.79. The van der Waals surface area contributed by atoms with Crippen LogP contribution in [0.5, 0.6) is 0 Å². The van der Waals surface area contributed by atoms with Crippen molar-refractivity contribution in [2.24, 2.45) is 5.92 Å². The summed E-state index contributed by atoms with van der Waals surface area (Å²) in [5, 5.41) is 12.2. The van der Waals surface area contributed by atoms with E-state index in [4.69, 9.17) is 4.74 Å². The number of amides is 1. The third-order valence-corrected chi connectivity index (χ3v) is 3.93. The molecule has 1 aliphatic carbocycles. The molecule has 1 rings (SSSR count). The number of carbonyl (C=O) groups excluding carboxylic acids is 1. The maximum Gasteiger partial charge on any atom is 0.308 e. The molecule has 2 atom stereocenters. The maximum atomic E-state index is 11.9. The Labute approximate surface area is 114 Å². The molecule has 110 valence electrons. The van der Waals surface area contributed by atoms with E-state index < -0.39 is 17.4 Å². The number of ether oxygens (including phenoxy) is 1. The number of nitrogens with one attached hydrogen (secondary N) is 1. The van der Waals surface area contributed by atoms with E-state index in [9.17, 15) is 14.7 Å². The minimum Gasteiger partial charge on any atom is -0.481 e. The molecule has 1 amide bonds. The number of rotatable bonds is 7. The lowest BCUT2D eigenvalue weighted by Gasteiger charge is -2.39. The highest BCUT2D eigenvalue weighted by atomic mass is 16.5. The molecular formula is C14H25NO4. The van der Waals surface area contributed by atoms with Crippen molar-refractivity contribution < 1.29 is 19.4 Å². The van der Waals surface area contributed by atoms with Gasteiger partial charge in [-0.1, -0.05) is 12.8 Å². The zero-order chi connectivity index (χ0) is 14.3.